The zero-order chi connectivity index (χ0) is 42.8. The van der Waals surface area contributed by atoms with Crippen molar-refractivity contribution in [3.63, 3.8) is 0 Å². The number of rotatable bonds is 46. The summed E-state index contributed by atoms with van der Waals surface area (Å²) in [7, 11) is 1.27. The molecule has 0 aliphatic carbocycles. The lowest BCUT2D eigenvalue weighted by atomic mass is 10.0. The van der Waals surface area contributed by atoms with Crippen molar-refractivity contribution >= 4 is 13.7 Å². The molecule has 0 saturated heterocycles. The number of likely N-dealkylation sites (N-methyl/N-ethyl adjacent to an activating group) is 1. The minimum Gasteiger partial charge on any atom is -0.756 e. The smallest absolute Gasteiger partial charge is 0.268 e. The van der Waals surface area contributed by atoms with Crippen LogP contribution in [0.15, 0.2) is 12.2 Å². The molecule has 0 aromatic heterocycles. The Morgan fingerprint density at radius 1 is 0.586 bits per heavy atom. The summed E-state index contributed by atoms with van der Waals surface area (Å²) in [5.74, 6) is -0.202. The fraction of sp³-hybridized carbons (Fsp3) is 0.939. The summed E-state index contributed by atoms with van der Waals surface area (Å²) in [5, 5.41) is 13.7. The lowest BCUT2D eigenvalue weighted by molar-refractivity contribution is -0.870. The van der Waals surface area contributed by atoms with Crippen molar-refractivity contribution in [2.45, 2.75) is 257 Å². The molecule has 0 saturated carbocycles. The molecule has 346 valence electrons. The van der Waals surface area contributed by atoms with E-state index in [1.807, 2.05) is 27.2 Å². The molecule has 0 aliphatic rings. The molecule has 0 aromatic carbocycles. The molecule has 58 heavy (non-hydrogen) atoms. The average Bonchev–Trinajstić information content (AvgIpc) is 3.17. The van der Waals surface area contributed by atoms with Crippen molar-refractivity contribution in [3.05, 3.63) is 12.2 Å². The van der Waals surface area contributed by atoms with Crippen LogP contribution >= 0.6 is 7.82 Å². The van der Waals surface area contributed by atoms with Gasteiger partial charge < -0.3 is 28.8 Å². The molecule has 3 unspecified atom stereocenters. The average molecular weight is 843 g/mol. The monoisotopic (exact) mass is 843 g/mol. The Morgan fingerprint density at radius 2 is 0.931 bits per heavy atom. The largest absolute Gasteiger partial charge is 0.756 e. The molecule has 3 atom stereocenters. The van der Waals surface area contributed by atoms with Gasteiger partial charge in [0.15, 0.2) is 0 Å². The van der Waals surface area contributed by atoms with Gasteiger partial charge in [0.25, 0.3) is 7.82 Å². The van der Waals surface area contributed by atoms with Gasteiger partial charge >= 0.3 is 0 Å². The Balaban J connectivity index is 3.99. The molecule has 0 radical (unpaired) electrons. The number of hydrogen-bond acceptors (Lipinski definition) is 6. The number of nitrogens with zero attached hydrogens (tertiary/aromatic N) is 1. The van der Waals surface area contributed by atoms with Crippen LogP contribution in [0.1, 0.15) is 245 Å². The molecule has 0 spiro atoms. The Bertz CT molecular complexity index is 958. The second-order valence-corrected chi connectivity index (χ2v) is 19.9. The number of phosphoric acid groups is 1. The number of hydrogen-bond donors (Lipinski definition) is 2. The van der Waals surface area contributed by atoms with Crippen LogP contribution in [0.2, 0.25) is 0 Å². The first kappa shape index (κ1) is 57.2. The first-order valence-corrected chi connectivity index (χ1v) is 26.5. The summed E-state index contributed by atoms with van der Waals surface area (Å²) in [6, 6.07) is -0.878. The molecular weight excluding hydrogens is 744 g/mol. The Kier molecular flexibility index (Phi) is 41.0. The number of aliphatic hydroxyl groups is 1. The summed E-state index contributed by atoms with van der Waals surface area (Å²) in [4.78, 5) is 25.1. The highest BCUT2D eigenvalue weighted by Gasteiger charge is 2.23. The Morgan fingerprint density at radius 3 is 1.29 bits per heavy atom. The fourth-order valence-electron chi connectivity index (χ4n) is 7.51. The van der Waals surface area contributed by atoms with Crippen molar-refractivity contribution in [2.75, 3.05) is 40.9 Å². The number of quaternary nitrogens is 1. The molecule has 0 fully saturated rings. The quantitative estimate of drug-likeness (QED) is 0.0273. The van der Waals surface area contributed by atoms with E-state index in [0.717, 1.165) is 38.5 Å². The number of carbonyl (C=O) groups excluding carboxylic acids is 1. The number of aliphatic hydroxyl groups excluding tert-OH is 1. The van der Waals surface area contributed by atoms with E-state index >= 15 is 0 Å². The van der Waals surface area contributed by atoms with Crippen LogP contribution in [-0.2, 0) is 18.4 Å². The van der Waals surface area contributed by atoms with Gasteiger partial charge in [-0.3, -0.25) is 9.36 Å². The number of nitrogens with one attached hydrogen (secondary N) is 1. The first-order valence-electron chi connectivity index (χ1n) is 25.1. The normalized spacial score (nSPS) is 14.3. The first-order chi connectivity index (χ1) is 28.0. The maximum absolute atomic E-state index is 12.7. The summed E-state index contributed by atoms with van der Waals surface area (Å²) in [5.41, 5.74) is 0. The molecule has 0 heterocycles. The van der Waals surface area contributed by atoms with Crippen molar-refractivity contribution < 1.29 is 32.9 Å². The molecule has 9 heteroatoms. The van der Waals surface area contributed by atoms with Crippen LogP contribution in [0.25, 0.3) is 0 Å². The fourth-order valence-corrected chi connectivity index (χ4v) is 8.23. The van der Waals surface area contributed by atoms with Crippen LogP contribution in [0.3, 0.4) is 0 Å². The van der Waals surface area contributed by atoms with E-state index in [-0.39, 0.29) is 19.1 Å². The topological polar surface area (TPSA) is 108 Å². The lowest BCUT2D eigenvalue weighted by Crippen LogP contribution is -2.45. The predicted molar refractivity (Wildman–Crippen MR) is 247 cm³/mol. The number of allylic oxidation sites excluding steroid dienone is 1. The minimum atomic E-state index is -4.58. The van der Waals surface area contributed by atoms with Gasteiger partial charge in [-0.2, -0.15) is 0 Å². The van der Waals surface area contributed by atoms with E-state index in [4.69, 9.17) is 9.05 Å². The van der Waals surface area contributed by atoms with Gasteiger partial charge in [0, 0.05) is 6.42 Å². The second kappa shape index (κ2) is 41.6. The zero-order valence-corrected chi connectivity index (χ0v) is 40.2. The van der Waals surface area contributed by atoms with Gasteiger partial charge in [-0.15, -0.1) is 0 Å². The number of phosphoric ester groups is 1. The highest BCUT2D eigenvalue weighted by Crippen LogP contribution is 2.38. The highest BCUT2D eigenvalue weighted by molar-refractivity contribution is 7.45. The van der Waals surface area contributed by atoms with Gasteiger partial charge in [0.1, 0.15) is 13.2 Å². The van der Waals surface area contributed by atoms with E-state index in [2.05, 4.69) is 19.2 Å². The zero-order valence-electron chi connectivity index (χ0n) is 39.3. The lowest BCUT2D eigenvalue weighted by Gasteiger charge is -2.29. The third kappa shape index (κ3) is 43.3. The molecule has 1 amide bonds. The summed E-state index contributed by atoms with van der Waals surface area (Å²) in [6.07, 6.45) is 48.8. The third-order valence-corrected chi connectivity index (χ3v) is 12.5. The van der Waals surface area contributed by atoms with Crippen LogP contribution in [0, 0.1) is 0 Å². The maximum Gasteiger partial charge on any atom is 0.268 e. The van der Waals surface area contributed by atoms with Crippen LogP contribution in [0.4, 0.5) is 0 Å². The molecule has 0 rings (SSSR count). The van der Waals surface area contributed by atoms with Gasteiger partial charge in [0.05, 0.1) is 39.9 Å². The summed E-state index contributed by atoms with van der Waals surface area (Å²) < 4.78 is 23.1. The summed E-state index contributed by atoms with van der Waals surface area (Å²) in [6.45, 7) is 4.62. The number of carbonyl (C=O) groups is 1. The molecule has 2 N–H and O–H groups in total. The van der Waals surface area contributed by atoms with E-state index in [0.29, 0.717) is 17.4 Å². The summed E-state index contributed by atoms with van der Waals surface area (Å²) >= 11 is 0. The predicted octanol–water partition coefficient (Wildman–Crippen LogP) is 13.7. The maximum atomic E-state index is 12.7. The molecule has 0 bridgehead atoms. The second-order valence-electron chi connectivity index (χ2n) is 18.5. The highest BCUT2D eigenvalue weighted by atomic mass is 31.2. The van der Waals surface area contributed by atoms with Crippen molar-refractivity contribution in [1.29, 1.82) is 0 Å². The van der Waals surface area contributed by atoms with Crippen molar-refractivity contribution in [3.8, 4) is 0 Å². The van der Waals surface area contributed by atoms with Gasteiger partial charge in [-0.1, -0.05) is 231 Å². The van der Waals surface area contributed by atoms with E-state index in [9.17, 15) is 19.4 Å². The number of amides is 1. The van der Waals surface area contributed by atoms with E-state index in [1.165, 1.54) is 186 Å². The van der Waals surface area contributed by atoms with Crippen molar-refractivity contribution in [2.24, 2.45) is 0 Å². The Labute approximate surface area is 361 Å². The van der Waals surface area contributed by atoms with Gasteiger partial charge in [-0.05, 0) is 19.3 Å². The van der Waals surface area contributed by atoms with Gasteiger partial charge in [0.2, 0.25) is 5.91 Å². The van der Waals surface area contributed by atoms with E-state index < -0.39 is 20.0 Å². The van der Waals surface area contributed by atoms with Crippen LogP contribution < -0.4 is 10.2 Å². The van der Waals surface area contributed by atoms with Crippen LogP contribution in [0.5, 0.6) is 0 Å². The van der Waals surface area contributed by atoms with Crippen molar-refractivity contribution in [1.82, 2.24) is 5.32 Å². The van der Waals surface area contributed by atoms with E-state index in [1.54, 1.807) is 6.08 Å². The van der Waals surface area contributed by atoms with Gasteiger partial charge in [-0.25, -0.2) is 0 Å². The molecular formula is C49H99N2O6P. The SMILES string of the molecule is CCCCCCCCCCCCCCCCCCCCCCCCCCCCC/C=C/C(O)C(COP(=O)([O-])OCC[N+](C)(C)C)NC(=O)CCCCCCCCC. The molecule has 0 aromatic rings. The van der Waals surface area contributed by atoms with Crippen LogP contribution in [-0.4, -0.2) is 68.5 Å². The molecule has 0 aliphatic heterocycles. The molecule has 8 nitrogen and oxygen atoms in total. The standard InChI is InChI=1S/C49H99N2O6P/c1-6-8-10-12-14-15-16-17-18-19-20-21-22-23-24-25-26-27-28-29-30-31-32-33-34-35-37-38-40-42-48(52)47(46-57-58(54,55)56-45-44-51(3,4)5)50-49(53)43-41-39-36-13-11-9-7-2/h40,42,47-48,52H,6-39,41,43-46H2,1-5H3,(H-,50,53,54,55)/b42-40+. The minimum absolute atomic E-state index is 0.00165. The third-order valence-electron chi connectivity index (χ3n) is 11.5. The number of unbranched alkanes of at least 4 members (excludes halogenated alkanes) is 33. The Hall–Kier alpha value is -0.760.